The number of benzene rings is 3. The zero-order valence-corrected chi connectivity index (χ0v) is 38.5. The first-order valence-electron chi connectivity index (χ1n) is 24.6. The second-order valence-corrected chi connectivity index (χ2v) is 19.4. The molecule has 6 aliphatic heterocycles. The van der Waals surface area contributed by atoms with Crippen LogP contribution in [0.1, 0.15) is 73.3 Å². The third kappa shape index (κ3) is 8.84. The van der Waals surface area contributed by atoms with Crippen molar-refractivity contribution in [3.8, 4) is 22.8 Å². The topological polar surface area (TPSA) is 179 Å². The van der Waals surface area contributed by atoms with Crippen molar-refractivity contribution in [2.45, 2.75) is 76.0 Å². The molecule has 5 fully saturated rings. The third-order valence-corrected chi connectivity index (χ3v) is 15.3. The molecular weight excluding hydrogens is 861 g/mol. The molecule has 5 saturated heterocycles. The maximum atomic E-state index is 13.8. The molecule has 2 aromatic heterocycles. The lowest BCUT2D eigenvalue weighted by Crippen LogP contribution is -2.56. The van der Waals surface area contributed by atoms with Crippen molar-refractivity contribution in [3.63, 3.8) is 0 Å². The van der Waals surface area contributed by atoms with E-state index in [1.54, 1.807) is 4.90 Å². The quantitative estimate of drug-likeness (QED) is 0.181. The zero-order chi connectivity index (χ0) is 46.3. The number of urea groups is 1. The highest BCUT2D eigenvalue weighted by atomic mass is 16.5. The summed E-state index contributed by atoms with van der Waals surface area (Å²) in [5.41, 5.74) is 11.7. The van der Waals surface area contributed by atoms with E-state index in [9.17, 15) is 19.2 Å². The van der Waals surface area contributed by atoms with Crippen molar-refractivity contribution < 1.29 is 23.9 Å². The first kappa shape index (κ1) is 43.9. The van der Waals surface area contributed by atoms with E-state index in [0.29, 0.717) is 36.3 Å². The van der Waals surface area contributed by atoms with Gasteiger partial charge in [-0.3, -0.25) is 29.5 Å². The number of fused-ring (bicyclic) bond motifs is 2. The number of imide groups is 1. The summed E-state index contributed by atoms with van der Waals surface area (Å²) in [6.45, 7) is 10.1. The monoisotopic (exact) mass is 920 g/mol. The van der Waals surface area contributed by atoms with Gasteiger partial charge >= 0.3 is 6.03 Å². The number of carbonyl (C=O) groups excluding carboxylic acids is 4. The first-order valence-corrected chi connectivity index (χ1v) is 24.6. The van der Waals surface area contributed by atoms with Gasteiger partial charge in [0.05, 0.1) is 11.4 Å². The van der Waals surface area contributed by atoms with Crippen molar-refractivity contribution in [2.75, 3.05) is 82.6 Å². The van der Waals surface area contributed by atoms with Gasteiger partial charge in [-0.05, 0) is 118 Å². The fourth-order valence-corrected chi connectivity index (χ4v) is 11.5. The summed E-state index contributed by atoms with van der Waals surface area (Å²) in [4.78, 5) is 73.6. The number of para-hydroxylation sites is 1. The zero-order valence-electron chi connectivity index (χ0n) is 38.5. The maximum Gasteiger partial charge on any atom is 0.320 e. The van der Waals surface area contributed by atoms with Gasteiger partial charge in [0.1, 0.15) is 35.4 Å². The predicted octanol–water partition coefficient (Wildman–Crippen LogP) is 5.38. The third-order valence-electron chi connectivity index (χ3n) is 15.3. The van der Waals surface area contributed by atoms with E-state index in [1.165, 1.54) is 6.33 Å². The number of nitrogens with two attached hydrogens (primary N) is 1. The molecule has 17 heteroatoms. The molecule has 0 aliphatic carbocycles. The van der Waals surface area contributed by atoms with Gasteiger partial charge < -0.3 is 30.1 Å². The highest BCUT2D eigenvalue weighted by molar-refractivity contribution is 6.05. The normalized spacial score (nSPS) is 22.5. The molecule has 3 N–H and O–H groups in total. The van der Waals surface area contributed by atoms with E-state index in [0.717, 1.165) is 156 Å². The predicted molar refractivity (Wildman–Crippen MR) is 257 cm³/mol. The Bertz CT molecular complexity index is 2670. The molecule has 11 rings (SSSR count). The van der Waals surface area contributed by atoms with Crippen LogP contribution >= 0.6 is 0 Å². The smallest absolute Gasteiger partial charge is 0.320 e. The van der Waals surface area contributed by atoms with Crippen LogP contribution in [0.15, 0.2) is 79.1 Å². The molecule has 2 atom stereocenters. The first-order chi connectivity index (χ1) is 33.2. The summed E-state index contributed by atoms with van der Waals surface area (Å²) in [5.74, 6) is 1.74. The molecule has 6 aliphatic rings. The summed E-state index contributed by atoms with van der Waals surface area (Å²) >= 11 is 0. The van der Waals surface area contributed by atoms with E-state index in [2.05, 4.69) is 45.5 Å². The summed E-state index contributed by atoms with van der Waals surface area (Å²) in [5, 5.41) is 8.34. The van der Waals surface area contributed by atoms with Gasteiger partial charge in [0, 0.05) is 101 Å². The number of nitrogens with one attached hydrogen (secondary N) is 1. The molecule has 68 heavy (non-hydrogen) atoms. The number of hydrogen-bond acceptors (Lipinski definition) is 12. The molecule has 0 bridgehead atoms. The van der Waals surface area contributed by atoms with Crippen LogP contribution in [0.3, 0.4) is 0 Å². The number of piperidine rings is 4. The number of aromatic nitrogens is 4. The summed E-state index contributed by atoms with van der Waals surface area (Å²) in [6, 6.07) is 23.8. The largest absolute Gasteiger partial charge is 0.457 e. The number of carbonyl (C=O) groups is 4. The second-order valence-electron chi connectivity index (χ2n) is 19.4. The molecule has 8 heterocycles. The fraction of sp³-hybridized carbons (Fsp3) is 0.471. The van der Waals surface area contributed by atoms with Gasteiger partial charge in [-0.1, -0.05) is 18.2 Å². The molecule has 17 nitrogen and oxygen atoms in total. The van der Waals surface area contributed by atoms with Gasteiger partial charge in [-0.2, -0.15) is 5.10 Å². The Balaban J connectivity index is 0.636. The van der Waals surface area contributed by atoms with Crippen LogP contribution < -0.4 is 20.7 Å². The number of ether oxygens (including phenoxy) is 1. The Labute approximate surface area is 396 Å². The summed E-state index contributed by atoms with van der Waals surface area (Å²) < 4.78 is 8.12. The average Bonchev–Trinajstić information content (AvgIpc) is 3.93. The van der Waals surface area contributed by atoms with Crippen molar-refractivity contribution in [2.24, 2.45) is 5.92 Å². The van der Waals surface area contributed by atoms with Crippen LogP contribution in [0.5, 0.6) is 11.5 Å². The minimum atomic E-state index is -0.604. The number of rotatable bonds is 9. The SMILES string of the molecule is Nc1ncnc2c1c(-c1ccc(Oc3ccccc3)cc1)nn2[C@@H]1CCCN(C2CCN(C(=O)N3CCN(CC4CCN(c5ccc6c(c5)CN(C5CCC(=O)NC5=O)C6=O)CC4)CC3)CC2)C1. The van der Waals surface area contributed by atoms with E-state index in [1.807, 2.05) is 66.7 Å². The van der Waals surface area contributed by atoms with Crippen LogP contribution in [0.2, 0.25) is 0 Å². The Morgan fingerprint density at radius 3 is 2.28 bits per heavy atom. The fourth-order valence-electron chi connectivity index (χ4n) is 11.5. The van der Waals surface area contributed by atoms with Crippen molar-refractivity contribution >= 4 is 46.3 Å². The summed E-state index contributed by atoms with van der Waals surface area (Å²) in [7, 11) is 0. The maximum absolute atomic E-state index is 13.8. The summed E-state index contributed by atoms with van der Waals surface area (Å²) in [6.07, 6.45) is 8.30. The lowest BCUT2D eigenvalue weighted by atomic mass is 9.95. The van der Waals surface area contributed by atoms with Crippen molar-refractivity contribution in [3.05, 3.63) is 90.3 Å². The Hall–Kier alpha value is -6.59. The van der Waals surface area contributed by atoms with Gasteiger partial charge in [-0.15, -0.1) is 0 Å². The highest BCUT2D eigenvalue weighted by Gasteiger charge is 2.40. The van der Waals surface area contributed by atoms with Gasteiger partial charge in [0.2, 0.25) is 11.8 Å². The van der Waals surface area contributed by atoms with E-state index in [-0.39, 0.29) is 36.2 Å². The van der Waals surface area contributed by atoms with Crippen LogP contribution in [0.4, 0.5) is 16.3 Å². The van der Waals surface area contributed by atoms with Gasteiger partial charge in [0.15, 0.2) is 5.65 Å². The standard InChI is InChI=1S/C51H60N12O5/c52-47-45-46(35-8-11-41(12-9-35)68-40-6-2-1-3-7-40)56-63(48(45)54-33-53-47)39-5-4-20-61(32-39)37-18-23-59(24-19-37)51(67)60-27-25-57(26-28-60)30-34-16-21-58(22-17-34)38-10-13-42-36(29-38)31-62(50(42)66)43-14-15-44(64)55-49(43)65/h1-3,6-13,29,33-34,37,39,43H,4-5,14-28,30-32H2,(H2,52,53,54)(H,55,64,65)/t39-,43?/m1/s1. The van der Waals surface area contributed by atoms with Crippen LogP contribution in [-0.2, 0) is 16.1 Å². The lowest BCUT2D eigenvalue weighted by molar-refractivity contribution is -0.136. The van der Waals surface area contributed by atoms with Crippen molar-refractivity contribution in [1.29, 1.82) is 0 Å². The highest BCUT2D eigenvalue weighted by Crippen LogP contribution is 2.37. The lowest BCUT2D eigenvalue weighted by Gasteiger charge is -2.44. The molecular formula is C51H60N12O5. The Morgan fingerprint density at radius 1 is 0.765 bits per heavy atom. The molecule has 0 radical (unpaired) electrons. The number of amides is 5. The molecule has 354 valence electrons. The molecule has 1 unspecified atom stereocenters. The number of nitrogen functional groups attached to an aromatic ring is 1. The van der Waals surface area contributed by atoms with E-state index >= 15 is 0 Å². The van der Waals surface area contributed by atoms with Crippen molar-refractivity contribution in [1.82, 2.24) is 49.6 Å². The molecule has 0 spiro atoms. The number of hydrogen-bond donors (Lipinski definition) is 2. The second kappa shape index (κ2) is 18.8. The van der Waals surface area contributed by atoms with E-state index in [4.69, 9.17) is 20.6 Å². The van der Waals surface area contributed by atoms with E-state index < -0.39 is 6.04 Å². The molecule has 3 aromatic carbocycles. The number of nitrogens with zero attached hydrogens (tertiary/aromatic N) is 10. The minimum absolute atomic E-state index is 0.137. The minimum Gasteiger partial charge on any atom is -0.457 e. The Kier molecular flexibility index (Phi) is 12.2. The molecule has 5 aromatic rings. The molecule has 0 saturated carbocycles. The Morgan fingerprint density at radius 2 is 1.51 bits per heavy atom. The molecule has 5 amide bonds. The number of likely N-dealkylation sites (tertiary alicyclic amines) is 2. The van der Waals surface area contributed by atoms with Crippen LogP contribution in [0.25, 0.3) is 22.3 Å². The van der Waals surface area contributed by atoms with Gasteiger partial charge in [0.25, 0.3) is 5.91 Å². The number of anilines is 2. The van der Waals surface area contributed by atoms with Gasteiger partial charge in [-0.25, -0.2) is 19.4 Å². The number of piperazine rings is 1. The average molecular weight is 921 g/mol. The van der Waals surface area contributed by atoms with Crippen LogP contribution in [-0.4, -0.2) is 152 Å². The van der Waals surface area contributed by atoms with Crippen LogP contribution in [0, 0.1) is 5.92 Å².